The molecular formula is C20H23ClFN3O3S. The summed E-state index contributed by atoms with van der Waals surface area (Å²) in [4.78, 5) is 14.2. The molecule has 2 aromatic rings. The van der Waals surface area contributed by atoms with Crippen LogP contribution in [0.25, 0.3) is 0 Å². The zero-order valence-electron chi connectivity index (χ0n) is 16.1. The molecule has 0 aromatic heterocycles. The Kier molecular flexibility index (Phi) is 6.89. The van der Waals surface area contributed by atoms with E-state index in [1.165, 1.54) is 16.4 Å². The minimum atomic E-state index is -3.65. The number of hydrogen-bond acceptors (Lipinski definition) is 4. The van der Waals surface area contributed by atoms with Gasteiger partial charge in [-0.2, -0.15) is 4.31 Å². The number of halogens is 2. The van der Waals surface area contributed by atoms with E-state index in [1.54, 1.807) is 37.3 Å². The van der Waals surface area contributed by atoms with Crippen LogP contribution in [-0.4, -0.2) is 56.3 Å². The lowest BCUT2D eigenvalue weighted by atomic mass is 10.1. The molecule has 0 bridgehead atoms. The normalized spacial score (nSPS) is 16.0. The molecule has 1 fully saturated rings. The van der Waals surface area contributed by atoms with Gasteiger partial charge >= 0.3 is 0 Å². The molecule has 9 heteroatoms. The summed E-state index contributed by atoms with van der Waals surface area (Å²) in [6.45, 7) is 3.66. The smallest absolute Gasteiger partial charge is 0.244 e. The van der Waals surface area contributed by atoms with Crippen molar-refractivity contribution >= 4 is 27.5 Å². The van der Waals surface area contributed by atoms with E-state index in [1.807, 2.05) is 4.90 Å². The Morgan fingerprint density at radius 2 is 1.83 bits per heavy atom. The Bertz CT molecular complexity index is 992. The van der Waals surface area contributed by atoms with Gasteiger partial charge in [0, 0.05) is 32.7 Å². The second kappa shape index (κ2) is 9.21. The zero-order valence-corrected chi connectivity index (χ0v) is 17.6. The Morgan fingerprint density at radius 1 is 1.14 bits per heavy atom. The third-order valence-electron chi connectivity index (χ3n) is 4.86. The molecule has 3 rings (SSSR count). The largest absolute Gasteiger partial charge is 0.351 e. The van der Waals surface area contributed by atoms with Crippen LogP contribution < -0.4 is 5.32 Å². The van der Waals surface area contributed by atoms with Crippen LogP contribution in [0.15, 0.2) is 47.4 Å². The molecular weight excluding hydrogens is 417 g/mol. The van der Waals surface area contributed by atoms with E-state index in [0.29, 0.717) is 25.2 Å². The molecule has 1 heterocycles. The van der Waals surface area contributed by atoms with E-state index < -0.39 is 10.0 Å². The van der Waals surface area contributed by atoms with Gasteiger partial charge in [-0.25, -0.2) is 12.8 Å². The number of amides is 1. The summed E-state index contributed by atoms with van der Waals surface area (Å²) in [6.07, 6.45) is 0. The molecule has 0 spiro atoms. The van der Waals surface area contributed by atoms with Gasteiger partial charge in [-0.15, -0.1) is 0 Å². The van der Waals surface area contributed by atoms with Crippen LogP contribution in [0.2, 0.25) is 5.02 Å². The molecule has 156 valence electrons. The van der Waals surface area contributed by atoms with Gasteiger partial charge in [-0.05, 0) is 36.2 Å². The monoisotopic (exact) mass is 439 g/mol. The zero-order chi connectivity index (χ0) is 21.0. The predicted octanol–water partition coefficient (Wildman–Crippen LogP) is 2.41. The molecule has 0 unspecified atom stereocenters. The lowest BCUT2D eigenvalue weighted by Crippen LogP contribution is -2.51. The molecule has 1 saturated heterocycles. The molecule has 6 nitrogen and oxygen atoms in total. The van der Waals surface area contributed by atoms with Crippen molar-refractivity contribution in [2.24, 2.45) is 0 Å². The van der Waals surface area contributed by atoms with Gasteiger partial charge in [0.2, 0.25) is 15.9 Å². The Morgan fingerprint density at radius 3 is 2.48 bits per heavy atom. The first-order valence-corrected chi connectivity index (χ1v) is 11.1. The summed E-state index contributed by atoms with van der Waals surface area (Å²) in [5.41, 5.74) is 1.36. The minimum absolute atomic E-state index is 0.0995. The number of benzene rings is 2. The van der Waals surface area contributed by atoms with Gasteiger partial charge in [-0.1, -0.05) is 35.9 Å². The summed E-state index contributed by atoms with van der Waals surface area (Å²) in [5, 5.41) is 3.01. The van der Waals surface area contributed by atoms with Crippen molar-refractivity contribution in [3.63, 3.8) is 0 Å². The van der Waals surface area contributed by atoms with Crippen molar-refractivity contribution in [1.82, 2.24) is 14.5 Å². The van der Waals surface area contributed by atoms with Crippen molar-refractivity contribution in [3.05, 3.63) is 64.4 Å². The summed E-state index contributed by atoms with van der Waals surface area (Å²) >= 11 is 6.04. The lowest BCUT2D eigenvalue weighted by molar-refractivity contribution is -0.122. The molecule has 0 aliphatic carbocycles. The van der Waals surface area contributed by atoms with Crippen LogP contribution in [0.5, 0.6) is 0 Å². The van der Waals surface area contributed by atoms with Crippen LogP contribution in [0.1, 0.15) is 11.1 Å². The second-order valence-corrected chi connectivity index (χ2v) is 9.28. The molecule has 1 N–H and O–H groups in total. The Labute approximate surface area is 175 Å². The molecule has 1 amide bonds. The highest BCUT2D eigenvalue weighted by atomic mass is 35.5. The average Bonchev–Trinajstić information content (AvgIpc) is 2.69. The number of aryl methyl sites for hydroxylation is 1. The highest BCUT2D eigenvalue weighted by Crippen LogP contribution is 2.24. The van der Waals surface area contributed by atoms with Crippen molar-refractivity contribution in [1.29, 1.82) is 0 Å². The van der Waals surface area contributed by atoms with E-state index in [0.717, 1.165) is 5.56 Å². The van der Waals surface area contributed by atoms with E-state index in [-0.39, 0.29) is 41.3 Å². The number of hydrogen-bond donors (Lipinski definition) is 1. The molecule has 2 aromatic carbocycles. The van der Waals surface area contributed by atoms with Crippen LogP contribution in [0.4, 0.5) is 4.39 Å². The van der Waals surface area contributed by atoms with Gasteiger partial charge in [0.1, 0.15) is 10.7 Å². The SMILES string of the molecule is Cc1cc(CNC(=O)CN2CCN(S(=O)(=O)c3ccccc3Cl)CC2)ccc1F. The maximum absolute atomic E-state index is 13.3. The average molecular weight is 440 g/mol. The van der Waals surface area contributed by atoms with E-state index in [2.05, 4.69) is 5.32 Å². The van der Waals surface area contributed by atoms with Crippen LogP contribution in [0.3, 0.4) is 0 Å². The van der Waals surface area contributed by atoms with Crippen molar-refractivity contribution in [2.75, 3.05) is 32.7 Å². The Balaban J connectivity index is 1.50. The van der Waals surface area contributed by atoms with Crippen LogP contribution >= 0.6 is 11.6 Å². The van der Waals surface area contributed by atoms with Gasteiger partial charge in [0.25, 0.3) is 0 Å². The standard InChI is InChI=1S/C20H23ClFN3O3S/c1-15-12-16(6-7-18(15)22)13-23-20(26)14-24-8-10-25(11-9-24)29(27,28)19-5-3-2-4-17(19)21/h2-7,12H,8-11,13-14H2,1H3,(H,23,26). The van der Waals surface area contributed by atoms with Crippen molar-refractivity contribution in [3.8, 4) is 0 Å². The van der Waals surface area contributed by atoms with E-state index >= 15 is 0 Å². The van der Waals surface area contributed by atoms with Crippen molar-refractivity contribution < 1.29 is 17.6 Å². The fraction of sp³-hybridized carbons (Fsp3) is 0.350. The number of nitrogens with zero attached hydrogens (tertiary/aromatic N) is 2. The third-order valence-corrected chi connectivity index (χ3v) is 7.26. The minimum Gasteiger partial charge on any atom is -0.351 e. The highest BCUT2D eigenvalue weighted by Gasteiger charge is 2.30. The molecule has 0 saturated carbocycles. The summed E-state index contributed by atoms with van der Waals surface area (Å²) in [6, 6.07) is 11.1. The molecule has 0 atom stereocenters. The topological polar surface area (TPSA) is 69.7 Å². The number of carbonyl (C=O) groups excluding carboxylic acids is 1. The molecule has 1 aliphatic heterocycles. The van der Waals surface area contributed by atoms with Crippen LogP contribution in [-0.2, 0) is 21.4 Å². The lowest BCUT2D eigenvalue weighted by Gasteiger charge is -2.33. The fourth-order valence-corrected chi connectivity index (χ4v) is 5.11. The number of piperazine rings is 1. The highest BCUT2D eigenvalue weighted by molar-refractivity contribution is 7.89. The van der Waals surface area contributed by atoms with Gasteiger partial charge in [0.15, 0.2) is 0 Å². The third kappa shape index (κ3) is 5.33. The molecule has 29 heavy (non-hydrogen) atoms. The quantitative estimate of drug-likeness (QED) is 0.750. The second-order valence-electron chi connectivity index (χ2n) is 6.97. The first kappa shape index (κ1) is 21.7. The summed E-state index contributed by atoms with van der Waals surface area (Å²) in [5.74, 6) is -0.431. The van der Waals surface area contributed by atoms with Gasteiger partial charge in [0.05, 0.1) is 11.6 Å². The summed E-state index contributed by atoms with van der Waals surface area (Å²) in [7, 11) is -3.65. The maximum atomic E-state index is 13.3. The predicted molar refractivity (Wildman–Crippen MR) is 110 cm³/mol. The van der Waals surface area contributed by atoms with Crippen molar-refractivity contribution in [2.45, 2.75) is 18.4 Å². The number of rotatable bonds is 6. The first-order chi connectivity index (χ1) is 13.8. The number of carbonyl (C=O) groups is 1. The molecule has 1 aliphatic rings. The number of sulfonamides is 1. The fourth-order valence-electron chi connectivity index (χ4n) is 3.20. The summed E-state index contributed by atoms with van der Waals surface area (Å²) < 4.78 is 40.2. The molecule has 0 radical (unpaired) electrons. The van der Waals surface area contributed by atoms with Crippen LogP contribution in [0, 0.1) is 12.7 Å². The number of nitrogens with one attached hydrogen (secondary N) is 1. The van der Waals surface area contributed by atoms with E-state index in [9.17, 15) is 17.6 Å². The maximum Gasteiger partial charge on any atom is 0.244 e. The van der Waals surface area contributed by atoms with Gasteiger partial charge < -0.3 is 5.32 Å². The van der Waals surface area contributed by atoms with E-state index in [4.69, 9.17) is 11.6 Å². The van der Waals surface area contributed by atoms with Gasteiger partial charge in [-0.3, -0.25) is 9.69 Å². The first-order valence-electron chi connectivity index (χ1n) is 9.26. The Hall–Kier alpha value is -2.00.